The van der Waals surface area contributed by atoms with Crippen molar-refractivity contribution in [3.8, 4) is 5.75 Å². The molecule has 0 amide bonds. The van der Waals surface area contributed by atoms with Crippen LogP contribution in [0.15, 0.2) is 24.3 Å². The summed E-state index contributed by atoms with van der Waals surface area (Å²) in [4.78, 5) is 2.36. The SMILES string of the molecule is CCCOc1ccc(C(NC)C(CC)(CC)N(C)C)cc1. The van der Waals surface area contributed by atoms with E-state index in [-0.39, 0.29) is 5.54 Å². The molecular weight excluding hydrogens is 260 g/mol. The number of ether oxygens (including phenoxy) is 1. The third kappa shape index (κ3) is 3.98. The molecule has 0 fully saturated rings. The highest BCUT2D eigenvalue weighted by atomic mass is 16.5. The van der Waals surface area contributed by atoms with E-state index in [0.717, 1.165) is 31.6 Å². The number of rotatable bonds is 9. The van der Waals surface area contributed by atoms with Crippen LogP contribution in [0.5, 0.6) is 5.75 Å². The summed E-state index contributed by atoms with van der Waals surface area (Å²) >= 11 is 0. The van der Waals surface area contributed by atoms with Crippen LogP contribution in [0.1, 0.15) is 51.6 Å². The van der Waals surface area contributed by atoms with Gasteiger partial charge >= 0.3 is 0 Å². The van der Waals surface area contributed by atoms with E-state index in [1.807, 2.05) is 0 Å². The lowest BCUT2D eigenvalue weighted by Crippen LogP contribution is -2.52. The smallest absolute Gasteiger partial charge is 0.119 e. The van der Waals surface area contributed by atoms with Crippen molar-refractivity contribution in [3.63, 3.8) is 0 Å². The lowest BCUT2D eigenvalue weighted by atomic mass is 9.79. The molecule has 0 aliphatic heterocycles. The summed E-state index contributed by atoms with van der Waals surface area (Å²) in [6.07, 6.45) is 3.25. The van der Waals surface area contributed by atoms with Crippen molar-refractivity contribution < 1.29 is 4.74 Å². The highest BCUT2D eigenvalue weighted by Gasteiger charge is 2.37. The van der Waals surface area contributed by atoms with Gasteiger partial charge in [-0.1, -0.05) is 32.9 Å². The van der Waals surface area contributed by atoms with Crippen LogP contribution in [0.25, 0.3) is 0 Å². The van der Waals surface area contributed by atoms with Gasteiger partial charge in [0.1, 0.15) is 5.75 Å². The summed E-state index contributed by atoms with van der Waals surface area (Å²) in [6, 6.07) is 8.86. The van der Waals surface area contributed by atoms with Gasteiger partial charge in [0, 0.05) is 5.54 Å². The second-order valence-corrected chi connectivity index (χ2v) is 5.84. The molecule has 21 heavy (non-hydrogen) atoms. The number of benzene rings is 1. The molecule has 1 N–H and O–H groups in total. The van der Waals surface area contributed by atoms with E-state index in [4.69, 9.17) is 4.74 Å². The number of hydrogen-bond donors (Lipinski definition) is 1. The minimum Gasteiger partial charge on any atom is -0.494 e. The van der Waals surface area contributed by atoms with E-state index < -0.39 is 0 Å². The van der Waals surface area contributed by atoms with Gasteiger partial charge in [-0.25, -0.2) is 0 Å². The molecule has 1 rings (SSSR count). The van der Waals surface area contributed by atoms with Crippen LogP contribution in [0.3, 0.4) is 0 Å². The molecule has 1 atom stereocenters. The third-order valence-electron chi connectivity index (χ3n) is 4.63. The zero-order valence-corrected chi connectivity index (χ0v) is 14.6. The summed E-state index contributed by atoms with van der Waals surface area (Å²) in [7, 11) is 6.40. The molecule has 0 radical (unpaired) electrons. The quantitative estimate of drug-likeness (QED) is 0.748. The Morgan fingerprint density at radius 3 is 2.05 bits per heavy atom. The highest BCUT2D eigenvalue weighted by molar-refractivity contribution is 5.31. The fourth-order valence-corrected chi connectivity index (χ4v) is 3.27. The monoisotopic (exact) mass is 292 g/mol. The first-order valence-electron chi connectivity index (χ1n) is 8.13. The van der Waals surface area contributed by atoms with Crippen molar-refractivity contribution >= 4 is 0 Å². The average Bonchev–Trinajstić information content (AvgIpc) is 2.51. The van der Waals surface area contributed by atoms with E-state index >= 15 is 0 Å². The number of nitrogens with zero attached hydrogens (tertiary/aromatic N) is 1. The van der Waals surface area contributed by atoms with Crippen LogP contribution in [-0.4, -0.2) is 38.2 Å². The molecule has 0 saturated carbocycles. The summed E-state index contributed by atoms with van der Waals surface area (Å²) < 4.78 is 5.68. The van der Waals surface area contributed by atoms with Crippen LogP contribution in [0.4, 0.5) is 0 Å². The van der Waals surface area contributed by atoms with Gasteiger partial charge in [-0.3, -0.25) is 0 Å². The van der Waals surface area contributed by atoms with Gasteiger partial charge in [0.05, 0.1) is 12.6 Å². The van der Waals surface area contributed by atoms with Crippen LogP contribution >= 0.6 is 0 Å². The molecule has 3 nitrogen and oxygen atoms in total. The Balaban J connectivity index is 3.03. The molecule has 1 aromatic carbocycles. The van der Waals surface area contributed by atoms with Gasteiger partial charge in [0.15, 0.2) is 0 Å². The standard InChI is InChI=1S/C18H32N2O/c1-7-14-21-16-12-10-15(11-13-16)17(19-4)18(8-2,9-3)20(5)6/h10-13,17,19H,7-9,14H2,1-6H3. The number of nitrogens with one attached hydrogen (secondary N) is 1. The topological polar surface area (TPSA) is 24.5 Å². The first-order valence-corrected chi connectivity index (χ1v) is 8.13. The van der Waals surface area contributed by atoms with Crippen LogP contribution in [-0.2, 0) is 0 Å². The van der Waals surface area contributed by atoms with Gasteiger partial charge in [-0.05, 0) is 58.1 Å². The second kappa shape index (κ2) is 8.40. The van der Waals surface area contributed by atoms with Crippen LogP contribution in [0, 0.1) is 0 Å². The summed E-state index contributed by atoms with van der Waals surface area (Å²) in [5.41, 5.74) is 1.44. The Labute approximate surface area is 130 Å². The van der Waals surface area contributed by atoms with Crippen molar-refractivity contribution in [2.75, 3.05) is 27.7 Å². The molecule has 0 aliphatic rings. The molecule has 1 unspecified atom stereocenters. The minimum atomic E-state index is 0.126. The van der Waals surface area contributed by atoms with Crippen molar-refractivity contribution in [2.24, 2.45) is 0 Å². The molecule has 0 bridgehead atoms. The largest absolute Gasteiger partial charge is 0.494 e. The molecule has 3 heteroatoms. The van der Waals surface area contributed by atoms with Gasteiger partial charge < -0.3 is 15.0 Å². The second-order valence-electron chi connectivity index (χ2n) is 5.84. The molecule has 0 spiro atoms. The molecule has 120 valence electrons. The Kier molecular flexibility index (Phi) is 7.20. The zero-order valence-electron chi connectivity index (χ0n) is 14.6. The van der Waals surface area contributed by atoms with E-state index in [1.165, 1.54) is 5.56 Å². The Bertz CT molecular complexity index is 396. The van der Waals surface area contributed by atoms with E-state index in [1.54, 1.807) is 0 Å². The number of likely N-dealkylation sites (N-methyl/N-ethyl adjacent to an activating group) is 2. The first kappa shape index (κ1) is 18.0. The highest BCUT2D eigenvalue weighted by Crippen LogP contribution is 2.36. The molecular formula is C18H32N2O. The average molecular weight is 292 g/mol. The maximum Gasteiger partial charge on any atom is 0.119 e. The fraction of sp³-hybridized carbons (Fsp3) is 0.667. The summed E-state index contributed by atoms with van der Waals surface area (Å²) in [5.74, 6) is 0.957. The fourth-order valence-electron chi connectivity index (χ4n) is 3.27. The Hall–Kier alpha value is -1.06. The first-order chi connectivity index (χ1) is 10.1. The van der Waals surface area contributed by atoms with Gasteiger partial charge in [-0.15, -0.1) is 0 Å². The maximum absolute atomic E-state index is 5.68. The molecule has 0 saturated heterocycles. The lowest BCUT2D eigenvalue weighted by Gasteiger charge is -2.45. The van der Waals surface area contributed by atoms with Gasteiger partial charge in [-0.2, -0.15) is 0 Å². The molecule has 0 aromatic heterocycles. The molecule has 0 heterocycles. The predicted molar refractivity (Wildman–Crippen MR) is 91.0 cm³/mol. The van der Waals surface area contributed by atoms with Gasteiger partial charge in [0.2, 0.25) is 0 Å². The minimum absolute atomic E-state index is 0.126. The summed E-state index contributed by atoms with van der Waals surface area (Å²) in [6.45, 7) is 7.44. The van der Waals surface area contributed by atoms with Crippen molar-refractivity contribution in [1.82, 2.24) is 10.2 Å². The summed E-state index contributed by atoms with van der Waals surface area (Å²) in [5, 5.41) is 3.52. The van der Waals surface area contributed by atoms with E-state index in [0.29, 0.717) is 6.04 Å². The van der Waals surface area contributed by atoms with Crippen molar-refractivity contribution in [1.29, 1.82) is 0 Å². The maximum atomic E-state index is 5.68. The lowest BCUT2D eigenvalue weighted by molar-refractivity contribution is 0.0917. The van der Waals surface area contributed by atoms with Gasteiger partial charge in [0.25, 0.3) is 0 Å². The Morgan fingerprint density at radius 1 is 1.10 bits per heavy atom. The van der Waals surface area contributed by atoms with Crippen molar-refractivity contribution in [3.05, 3.63) is 29.8 Å². The van der Waals surface area contributed by atoms with Crippen LogP contribution in [0.2, 0.25) is 0 Å². The van der Waals surface area contributed by atoms with Crippen LogP contribution < -0.4 is 10.1 Å². The normalized spacial score (nSPS) is 13.5. The number of hydrogen-bond acceptors (Lipinski definition) is 3. The van der Waals surface area contributed by atoms with Crippen molar-refractivity contribution in [2.45, 2.75) is 51.6 Å². The van der Waals surface area contributed by atoms with E-state index in [9.17, 15) is 0 Å². The predicted octanol–water partition coefficient (Wildman–Crippen LogP) is 3.86. The zero-order chi connectivity index (χ0) is 15.9. The molecule has 1 aromatic rings. The Morgan fingerprint density at radius 2 is 1.67 bits per heavy atom. The third-order valence-corrected chi connectivity index (χ3v) is 4.63. The van der Waals surface area contributed by atoms with E-state index in [2.05, 4.69) is 76.4 Å². The molecule has 0 aliphatic carbocycles.